The standard InChI is InChI=1S/C18H23N5O3/c1-18(2,3)26-17(25)23-7-6-22(15(24)10-23)9-12-4-5-13-14(8-12)20-11-21-16(13)19/h4-5,8,11H,6-7,9-10H2,1-3H3,(H2,19,20,21). The molecule has 8 nitrogen and oxygen atoms in total. The number of amides is 2. The lowest BCUT2D eigenvalue weighted by molar-refractivity contribution is -0.136. The van der Waals surface area contributed by atoms with Gasteiger partial charge in [-0.25, -0.2) is 14.8 Å². The first kappa shape index (κ1) is 17.9. The van der Waals surface area contributed by atoms with Gasteiger partial charge in [-0.05, 0) is 38.5 Å². The van der Waals surface area contributed by atoms with E-state index in [0.29, 0.717) is 25.5 Å². The fourth-order valence-electron chi connectivity index (χ4n) is 2.80. The molecule has 0 spiro atoms. The van der Waals surface area contributed by atoms with E-state index in [-0.39, 0.29) is 12.5 Å². The van der Waals surface area contributed by atoms with Gasteiger partial charge in [-0.2, -0.15) is 0 Å². The number of aromatic nitrogens is 2. The van der Waals surface area contributed by atoms with Crippen molar-refractivity contribution in [3.8, 4) is 0 Å². The molecule has 2 amide bonds. The zero-order valence-electron chi connectivity index (χ0n) is 15.2. The third-order valence-electron chi connectivity index (χ3n) is 4.08. The molecule has 1 aliphatic rings. The summed E-state index contributed by atoms with van der Waals surface area (Å²) in [6.07, 6.45) is 0.968. The predicted molar refractivity (Wildman–Crippen MR) is 97.2 cm³/mol. The van der Waals surface area contributed by atoms with E-state index in [1.807, 2.05) is 18.2 Å². The first-order valence-electron chi connectivity index (χ1n) is 8.48. The van der Waals surface area contributed by atoms with Crippen LogP contribution in [0.25, 0.3) is 10.9 Å². The van der Waals surface area contributed by atoms with Gasteiger partial charge in [-0.15, -0.1) is 0 Å². The molecule has 0 bridgehead atoms. The number of fused-ring (bicyclic) bond motifs is 1. The van der Waals surface area contributed by atoms with Crippen LogP contribution in [0.2, 0.25) is 0 Å². The largest absolute Gasteiger partial charge is 0.444 e. The highest BCUT2D eigenvalue weighted by Gasteiger charge is 2.30. The molecule has 1 saturated heterocycles. The van der Waals surface area contributed by atoms with Crippen LogP contribution in [0.15, 0.2) is 24.5 Å². The van der Waals surface area contributed by atoms with Crippen LogP contribution in [0, 0.1) is 0 Å². The van der Waals surface area contributed by atoms with Gasteiger partial charge in [0.05, 0.1) is 5.52 Å². The van der Waals surface area contributed by atoms with Crippen molar-refractivity contribution < 1.29 is 14.3 Å². The summed E-state index contributed by atoms with van der Waals surface area (Å²) in [5.74, 6) is 0.327. The van der Waals surface area contributed by atoms with E-state index in [9.17, 15) is 9.59 Å². The first-order valence-corrected chi connectivity index (χ1v) is 8.48. The van der Waals surface area contributed by atoms with Crippen molar-refractivity contribution in [2.45, 2.75) is 32.9 Å². The number of nitrogen functional groups attached to an aromatic ring is 1. The van der Waals surface area contributed by atoms with Crippen molar-refractivity contribution in [1.82, 2.24) is 19.8 Å². The molecule has 1 aromatic heterocycles. The summed E-state index contributed by atoms with van der Waals surface area (Å²) in [5, 5.41) is 0.789. The normalized spacial score (nSPS) is 15.4. The predicted octanol–water partition coefficient (Wildman–Crippen LogP) is 1.79. The highest BCUT2D eigenvalue weighted by atomic mass is 16.6. The molecule has 26 heavy (non-hydrogen) atoms. The number of carbonyl (C=O) groups is 2. The second-order valence-corrected chi connectivity index (χ2v) is 7.33. The number of anilines is 1. The molecule has 2 heterocycles. The van der Waals surface area contributed by atoms with Crippen molar-refractivity contribution in [3.63, 3.8) is 0 Å². The van der Waals surface area contributed by atoms with E-state index < -0.39 is 11.7 Å². The van der Waals surface area contributed by atoms with Crippen molar-refractivity contribution in [3.05, 3.63) is 30.1 Å². The van der Waals surface area contributed by atoms with Crippen molar-refractivity contribution in [2.24, 2.45) is 0 Å². The molecule has 2 aromatic rings. The lowest BCUT2D eigenvalue weighted by atomic mass is 10.1. The minimum atomic E-state index is -0.577. The maximum absolute atomic E-state index is 12.4. The van der Waals surface area contributed by atoms with Crippen LogP contribution in [-0.4, -0.2) is 57.0 Å². The van der Waals surface area contributed by atoms with Crippen molar-refractivity contribution in [2.75, 3.05) is 25.4 Å². The van der Waals surface area contributed by atoms with E-state index in [0.717, 1.165) is 16.5 Å². The maximum atomic E-state index is 12.4. The Morgan fingerprint density at radius 1 is 1.27 bits per heavy atom. The number of ether oxygens (including phenoxy) is 1. The fraction of sp³-hybridized carbons (Fsp3) is 0.444. The molecule has 0 unspecified atom stereocenters. The van der Waals surface area contributed by atoms with Crippen LogP contribution in [0.3, 0.4) is 0 Å². The Kier molecular flexibility index (Phi) is 4.67. The van der Waals surface area contributed by atoms with Gasteiger partial charge in [-0.3, -0.25) is 9.69 Å². The van der Waals surface area contributed by atoms with E-state index in [1.54, 1.807) is 25.7 Å². The molecule has 8 heteroatoms. The number of hydrogen-bond acceptors (Lipinski definition) is 6. The van der Waals surface area contributed by atoms with Gasteiger partial charge < -0.3 is 15.4 Å². The van der Waals surface area contributed by atoms with E-state index in [2.05, 4.69) is 9.97 Å². The smallest absolute Gasteiger partial charge is 0.410 e. The Morgan fingerprint density at radius 2 is 2.04 bits per heavy atom. The number of hydrogen-bond donors (Lipinski definition) is 1. The number of nitrogens with zero attached hydrogens (tertiary/aromatic N) is 4. The number of benzene rings is 1. The lowest BCUT2D eigenvalue weighted by Gasteiger charge is -2.35. The lowest BCUT2D eigenvalue weighted by Crippen LogP contribution is -2.52. The molecule has 3 rings (SSSR count). The van der Waals surface area contributed by atoms with Gasteiger partial charge >= 0.3 is 6.09 Å². The second-order valence-electron chi connectivity index (χ2n) is 7.33. The quantitative estimate of drug-likeness (QED) is 0.879. The number of rotatable bonds is 2. The molecule has 1 aromatic carbocycles. The van der Waals surface area contributed by atoms with Crippen molar-refractivity contribution >= 4 is 28.7 Å². The highest BCUT2D eigenvalue weighted by molar-refractivity contribution is 5.88. The Balaban J connectivity index is 1.65. The van der Waals surface area contributed by atoms with E-state index in [1.165, 1.54) is 11.2 Å². The maximum Gasteiger partial charge on any atom is 0.410 e. The van der Waals surface area contributed by atoms with Crippen LogP contribution < -0.4 is 5.73 Å². The van der Waals surface area contributed by atoms with Gasteiger partial charge in [0.15, 0.2) is 0 Å². The zero-order chi connectivity index (χ0) is 18.9. The van der Waals surface area contributed by atoms with Gasteiger partial charge in [0.1, 0.15) is 24.3 Å². The summed E-state index contributed by atoms with van der Waals surface area (Å²) in [4.78, 5) is 35.9. The molecule has 1 aliphatic heterocycles. The Labute approximate surface area is 151 Å². The summed E-state index contributed by atoms with van der Waals surface area (Å²) in [6.45, 7) is 6.81. The summed E-state index contributed by atoms with van der Waals surface area (Å²) in [7, 11) is 0. The summed E-state index contributed by atoms with van der Waals surface area (Å²) in [6, 6.07) is 5.68. The zero-order valence-corrected chi connectivity index (χ0v) is 15.2. The van der Waals surface area contributed by atoms with E-state index in [4.69, 9.17) is 10.5 Å². The second kappa shape index (κ2) is 6.78. The monoisotopic (exact) mass is 357 g/mol. The Morgan fingerprint density at radius 3 is 2.73 bits per heavy atom. The van der Waals surface area contributed by atoms with Gasteiger partial charge in [0.2, 0.25) is 5.91 Å². The van der Waals surface area contributed by atoms with Gasteiger partial charge in [0.25, 0.3) is 0 Å². The average Bonchev–Trinajstić information content (AvgIpc) is 2.55. The fourth-order valence-corrected chi connectivity index (χ4v) is 2.80. The van der Waals surface area contributed by atoms with Crippen LogP contribution in [0.1, 0.15) is 26.3 Å². The molecular weight excluding hydrogens is 334 g/mol. The number of carbonyl (C=O) groups excluding carboxylic acids is 2. The average molecular weight is 357 g/mol. The van der Waals surface area contributed by atoms with Gasteiger partial charge in [0, 0.05) is 25.0 Å². The summed E-state index contributed by atoms with van der Waals surface area (Å²) in [5.41, 5.74) is 6.96. The van der Waals surface area contributed by atoms with Crippen LogP contribution in [0.5, 0.6) is 0 Å². The molecular formula is C18H23N5O3. The number of nitrogens with two attached hydrogens (primary N) is 1. The topological polar surface area (TPSA) is 102 Å². The van der Waals surface area contributed by atoms with Crippen LogP contribution in [0.4, 0.5) is 10.6 Å². The summed E-state index contributed by atoms with van der Waals surface area (Å²) >= 11 is 0. The highest BCUT2D eigenvalue weighted by Crippen LogP contribution is 2.20. The molecule has 0 atom stereocenters. The third-order valence-corrected chi connectivity index (χ3v) is 4.08. The third kappa shape index (κ3) is 4.01. The van der Waals surface area contributed by atoms with Crippen LogP contribution in [-0.2, 0) is 16.1 Å². The molecule has 2 N–H and O–H groups in total. The molecule has 0 aliphatic carbocycles. The van der Waals surface area contributed by atoms with Crippen LogP contribution >= 0.6 is 0 Å². The van der Waals surface area contributed by atoms with Crippen molar-refractivity contribution in [1.29, 1.82) is 0 Å². The number of piperazine rings is 1. The Hall–Kier alpha value is -2.90. The molecule has 0 saturated carbocycles. The van der Waals surface area contributed by atoms with E-state index >= 15 is 0 Å². The molecule has 0 radical (unpaired) electrons. The summed E-state index contributed by atoms with van der Waals surface area (Å²) < 4.78 is 5.33. The minimum absolute atomic E-state index is 0.0254. The van der Waals surface area contributed by atoms with Gasteiger partial charge in [-0.1, -0.05) is 6.07 Å². The first-order chi connectivity index (χ1) is 12.2. The molecule has 1 fully saturated rings. The SMILES string of the molecule is CC(C)(C)OC(=O)N1CCN(Cc2ccc3c(N)ncnc3c2)C(=O)C1. The Bertz CT molecular complexity index is 846. The molecule has 138 valence electrons. The minimum Gasteiger partial charge on any atom is -0.444 e.